The van der Waals surface area contributed by atoms with Gasteiger partial charge in [-0.1, -0.05) is 30.3 Å². The van der Waals surface area contributed by atoms with E-state index in [-0.39, 0.29) is 11.5 Å². The Morgan fingerprint density at radius 2 is 2.12 bits per heavy atom. The molecule has 0 aliphatic rings. The molecule has 1 heterocycles. The third-order valence-corrected chi connectivity index (χ3v) is 4.42. The number of halogens is 1. The maximum atomic E-state index is 12.2. The second-order valence-electron chi connectivity index (χ2n) is 4.91. The number of benzene rings is 1. The maximum absolute atomic E-state index is 12.2. The number of carbonyl (C=O) groups is 1. The van der Waals surface area contributed by atoms with Crippen molar-refractivity contribution in [1.29, 1.82) is 5.26 Å². The van der Waals surface area contributed by atoms with Crippen LogP contribution in [-0.4, -0.2) is 21.1 Å². The second-order valence-corrected chi connectivity index (χ2v) is 6.68. The van der Waals surface area contributed by atoms with Crippen LogP contribution in [0.4, 0.5) is 5.69 Å². The minimum absolute atomic E-state index is 0.0140. The van der Waals surface area contributed by atoms with Crippen LogP contribution in [0.25, 0.3) is 0 Å². The normalized spacial score (nSPS) is 11.6. The molecule has 0 radical (unpaired) electrons. The number of nitrogens with zero attached hydrogens (tertiary/aromatic N) is 2. The third kappa shape index (κ3) is 4.37. The van der Waals surface area contributed by atoms with Gasteiger partial charge in [-0.3, -0.25) is 9.59 Å². The molecule has 2 rings (SSSR count). The summed E-state index contributed by atoms with van der Waals surface area (Å²) >= 11 is 6.93. The van der Waals surface area contributed by atoms with E-state index in [0.717, 1.165) is 11.8 Å². The number of amides is 1. The molecule has 0 spiro atoms. The SMILES string of the molecule is CCc1nc(SC(C)C(=O)Nc2ccc(Cl)cc2)[nH]c(=O)c1C#N. The standard InChI is InChI=1S/C16H15ClN4O2S/c1-3-13-12(8-18)15(23)21-16(20-13)24-9(2)14(22)19-11-6-4-10(17)5-7-11/h4-7,9H,3H2,1-2H3,(H,19,22)(H,20,21,23). The van der Waals surface area contributed by atoms with Crippen molar-refractivity contribution < 1.29 is 4.79 Å². The number of aromatic amines is 1. The fourth-order valence-corrected chi connectivity index (χ4v) is 2.86. The highest BCUT2D eigenvalue weighted by molar-refractivity contribution is 8.00. The third-order valence-electron chi connectivity index (χ3n) is 3.19. The summed E-state index contributed by atoms with van der Waals surface area (Å²) in [7, 11) is 0. The summed E-state index contributed by atoms with van der Waals surface area (Å²) in [5.74, 6) is -0.229. The Bertz CT molecular complexity index is 843. The predicted molar refractivity (Wildman–Crippen MR) is 94.4 cm³/mol. The number of thioether (sulfide) groups is 1. The average Bonchev–Trinajstić information content (AvgIpc) is 2.56. The molecule has 0 aliphatic heterocycles. The molecule has 2 aromatic rings. The van der Waals surface area contributed by atoms with Crippen LogP contribution in [0.3, 0.4) is 0 Å². The number of hydrogen-bond acceptors (Lipinski definition) is 5. The van der Waals surface area contributed by atoms with Crippen LogP contribution in [0.5, 0.6) is 0 Å². The number of carbonyl (C=O) groups excluding carboxylic acids is 1. The lowest BCUT2D eigenvalue weighted by atomic mass is 10.2. The number of aromatic nitrogens is 2. The molecule has 0 saturated carbocycles. The number of anilines is 1. The number of H-pyrrole nitrogens is 1. The van der Waals surface area contributed by atoms with Crippen molar-refractivity contribution >= 4 is 35.0 Å². The Morgan fingerprint density at radius 3 is 2.71 bits per heavy atom. The predicted octanol–water partition coefficient (Wildman–Crippen LogP) is 2.98. The summed E-state index contributed by atoms with van der Waals surface area (Å²) in [4.78, 5) is 30.9. The molecule has 24 heavy (non-hydrogen) atoms. The summed E-state index contributed by atoms with van der Waals surface area (Å²) < 4.78 is 0. The van der Waals surface area contributed by atoms with E-state index in [2.05, 4.69) is 15.3 Å². The van der Waals surface area contributed by atoms with E-state index in [1.54, 1.807) is 31.2 Å². The molecule has 0 fully saturated rings. The maximum Gasteiger partial charge on any atom is 0.269 e. The molecule has 2 N–H and O–H groups in total. The monoisotopic (exact) mass is 362 g/mol. The first-order valence-corrected chi connectivity index (χ1v) is 8.46. The molecule has 0 bridgehead atoms. The van der Waals surface area contributed by atoms with Crippen LogP contribution < -0.4 is 10.9 Å². The molecular weight excluding hydrogens is 348 g/mol. The van der Waals surface area contributed by atoms with Gasteiger partial charge in [-0.25, -0.2) is 4.98 Å². The topological polar surface area (TPSA) is 98.6 Å². The van der Waals surface area contributed by atoms with Gasteiger partial charge in [0, 0.05) is 10.7 Å². The molecule has 124 valence electrons. The zero-order valence-electron chi connectivity index (χ0n) is 13.1. The van der Waals surface area contributed by atoms with Crippen molar-refractivity contribution in [2.75, 3.05) is 5.32 Å². The number of hydrogen-bond donors (Lipinski definition) is 2. The van der Waals surface area contributed by atoms with Gasteiger partial charge in [0.25, 0.3) is 5.56 Å². The lowest BCUT2D eigenvalue weighted by Gasteiger charge is -2.12. The fraction of sp³-hybridized carbons (Fsp3) is 0.250. The Kier molecular flexibility index (Phi) is 6.01. The van der Waals surface area contributed by atoms with Gasteiger partial charge in [0.05, 0.1) is 10.9 Å². The molecule has 1 atom stereocenters. The van der Waals surface area contributed by atoms with Crippen molar-refractivity contribution in [2.24, 2.45) is 0 Å². The van der Waals surface area contributed by atoms with Crippen LogP contribution in [0.2, 0.25) is 5.02 Å². The first-order valence-electron chi connectivity index (χ1n) is 7.21. The van der Waals surface area contributed by atoms with Gasteiger partial charge in [-0.15, -0.1) is 0 Å². The van der Waals surface area contributed by atoms with E-state index in [4.69, 9.17) is 16.9 Å². The van der Waals surface area contributed by atoms with Crippen molar-refractivity contribution in [1.82, 2.24) is 9.97 Å². The molecule has 0 saturated heterocycles. The Balaban J connectivity index is 2.11. The largest absolute Gasteiger partial charge is 0.325 e. The molecular formula is C16H15ClN4O2S. The van der Waals surface area contributed by atoms with Gasteiger partial charge in [0.1, 0.15) is 11.6 Å². The minimum atomic E-state index is -0.489. The molecule has 6 nitrogen and oxygen atoms in total. The molecule has 0 aliphatic carbocycles. The van der Waals surface area contributed by atoms with Gasteiger partial charge < -0.3 is 10.3 Å². The van der Waals surface area contributed by atoms with Crippen molar-refractivity contribution in [2.45, 2.75) is 30.7 Å². The highest BCUT2D eigenvalue weighted by Crippen LogP contribution is 2.21. The van der Waals surface area contributed by atoms with Crippen LogP contribution in [0.15, 0.2) is 34.2 Å². The quantitative estimate of drug-likeness (QED) is 0.629. The Morgan fingerprint density at radius 1 is 1.46 bits per heavy atom. The van der Waals surface area contributed by atoms with Crippen LogP contribution in [0, 0.1) is 11.3 Å². The summed E-state index contributed by atoms with van der Waals surface area (Å²) in [6, 6.07) is 8.62. The van der Waals surface area contributed by atoms with Crippen LogP contribution >= 0.6 is 23.4 Å². The van der Waals surface area contributed by atoms with E-state index in [9.17, 15) is 9.59 Å². The summed E-state index contributed by atoms with van der Waals surface area (Å²) in [6.45, 7) is 3.52. The van der Waals surface area contributed by atoms with E-state index in [1.165, 1.54) is 0 Å². The zero-order valence-corrected chi connectivity index (χ0v) is 14.7. The average molecular weight is 363 g/mol. The second kappa shape index (κ2) is 7.99. The Hall–Kier alpha value is -2.30. The van der Waals surface area contributed by atoms with Crippen molar-refractivity contribution in [3.8, 4) is 6.07 Å². The first kappa shape index (κ1) is 18.0. The highest BCUT2D eigenvalue weighted by atomic mass is 35.5. The molecule has 1 amide bonds. The molecule has 8 heteroatoms. The molecule has 1 aromatic heterocycles. The van der Waals surface area contributed by atoms with E-state index in [1.807, 2.05) is 13.0 Å². The number of nitrogens with one attached hydrogen (secondary N) is 2. The number of rotatable bonds is 5. The van der Waals surface area contributed by atoms with Gasteiger partial charge in [-0.2, -0.15) is 5.26 Å². The van der Waals surface area contributed by atoms with E-state index >= 15 is 0 Å². The summed E-state index contributed by atoms with van der Waals surface area (Å²) in [6.07, 6.45) is 0.464. The van der Waals surface area contributed by atoms with Crippen LogP contribution in [-0.2, 0) is 11.2 Å². The van der Waals surface area contributed by atoms with Crippen molar-refractivity contribution in [3.05, 3.63) is 50.9 Å². The Labute approximate surface area is 148 Å². The van der Waals surface area contributed by atoms with E-state index < -0.39 is 10.8 Å². The summed E-state index contributed by atoms with van der Waals surface area (Å²) in [5, 5.41) is 12.2. The first-order chi connectivity index (χ1) is 11.4. The van der Waals surface area contributed by atoms with Gasteiger partial charge >= 0.3 is 0 Å². The number of aryl methyl sites for hydroxylation is 1. The highest BCUT2D eigenvalue weighted by Gasteiger charge is 2.18. The lowest BCUT2D eigenvalue weighted by molar-refractivity contribution is -0.115. The lowest BCUT2D eigenvalue weighted by Crippen LogP contribution is -2.24. The minimum Gasteiger partial charge on any atom is -0.325 e. The zero-order chi connectivity index (χ0) is 17.7. The number of nitriles is 1. The van der Waals surface area contributed by atoms with Gasteiger partial charge in [0.2, 0.25) is 5.91 Å². The smallest absolute Gasteiger partial charge is 0.269 e. The van der Waals surface area contributed by atoms with E-state index in [0.29, 0.717) is 28.0 Å². The van der Waals surface area contributed by atoms with Crippen LogP contribution in [0.1, 0.15) is 25.1 Å². The summed E-state index contributed by atoms with van der Waals surface area (Å²) in [5.41, 5.74) is 0.582. The van der Waals surface area contributed by atoms with Crippen molar-refractivity contribution in [3.63, 3.8) is 0 Å². The molecule has 1 aromatic carbocycles. The van der Waals surface area contributed by atoms with Gasteiger partial charge in [-0.05, 0) is 37.6 Å². The van der Waals surface area contributed by atoms with Gasteiger partial charge in [0.15, 0.2) is 5.16 Å². The molecule has 1 unspecified atom stereocenters. The fourth-order valence-electron chi connectivity index (χ4n) is 1.92.